The van der Waals surface area contributed by atoms with Crippen LogP contribution < -0.4 is 10.6 Å². The summed E-state index contributed by atoms with van der Waals surface area (Å²) in [7, 11) is 0. The summed E-state index contributed by atoms with van der Waals surface area (Å²) in [6.45, 7) is 8.16. The van der Waals surface area contributed by atoms with E-state index < -0.39 is 12.0 Å². The van der Waals surface area contributed by atoms with E-state index in [4.69, 9.17) is 14.6 Å². The number of ether oxygens (including phenoxy) is 2. The zero-order valence-corrected chi connectivity index (χ0v) is 19.9. The number of hydrogen-bond acceptors (Lipinski definition) is 6. The first kappa shape index (κ1) is 29.1. The number of benzene rings is 1. The number of aliphatic hydroxyl groups is 1. The van der Waals surface area contributed by atoms with Crippen LogP contribution in [0.25, 0.3) is 0 Å². The number of esters is 1. The Labute approximate surface area is 202 Å². The minimum atomic E-state index is -0.626. The molecule has 0 heterocycles. The van der Waals surface area contributed by atoms with Crippen molar-refractivity contribution in [2.24, 2.45) is 5.92 Å². The molecule has 0 spiro atoms. The molecule has 3 N–H and O–H groups in total. The molecule has 8 nitrogen and oxygen atoms in total. The second-order valence-corrected chi connectivity index (χ2v) is 7.78. The summed E-state index contributed by atoms with van der Waals surface area (Å²) < 4.78 is 10.8. The van der Waals surface area contributed by atoms with E-state index in [0.717, 1.165) is 18.4 Å². The number of hydrogen-bond donors (Lipinski definition) is 3. The standard InChI is InChI=1S/C26H38N2O6/c1-3-5-6-10-14-25(31)34-23(21-12-8-7-9-13-21)20-28-26(32)22(11-4-2)19-24(30)27-15-17-33-18-16-29/h3-4,7-9,12-13,22-23,29H,1-2,5-6,10-11,14-20H2,(H,27,30)(H,28,32)/t22-,23-/m0/s1. The molecule has 1 aromatic rings. The first-order chi connectivity index (χ1) is 16.5. The van der Waals surface area contributed by atoms with Crippen LogP contribution in [0, 0.1) is 5.92 Å². The van der Waals surface area contributed by atoms with Crippen molar-refractivity contribution in [3.8, 4) is 0 Å². The molecule has 0 aromatic heterocycles. The number of carbonyl (C=O) groups is 3. The van der Waals surface area contributed by atoms with Gasteiger partial charge in [0, 0.05) is 19.4 Å². The lowest BCUT2D eigenvalue weighted by atomic mass is 9.99. The zero-order valence-electron chi connectivity index (χ0n) is 19.9. The van der Waals surface area contributed by atoms with Crippen LogP contribution in [0.2, 0.25) is 0 Å². The predicted molar refractivity (Wildman–Crippen MR) is 131 cm³/mol. The molecule has 0 unspecified atom stereocenters. The number of allylic oxidation sites excluding steroid dienone is 2. The van der Waals surface area contributed by atoms with Crippen LogP contribution in [0.5, 0.6) is 0 Å². The molecule has 0 aliphatic rings. The Morgan fingerprint density at radius 1 is 1.03 bits per heavy atom. The average molecular weight is 475 g/mol. The number of aliphatic hydroxyl groups excluding tert-OH is 1. The van der Waals surface area contributed by atoms with E-state index in [0.29, 0.717) is 25.8 Å². The zero-order chi connectivity index (χ0) is 25.0. The third kappa shape index (κ3) is 12.9. The summed E-state index contributed by atoms with van der Waals surface area (Å²) in [6, 6.07) is 9.24. The normalized spacial score (nSPS) is 12.3. The summed E-state index contributed by atoms with van der Waals surface area (Å²) in [6.07, 6.45) is 5.84. The van der Waals surface area contributed by atoms with Crippen molar-refractivity contribution in [2.75, 3.05) is 32.9 Å². The number of amides is 2. The molecule has 0 radical (unpaired) electrons. The Balaban J connectivity index is 2.64. The first-order valence-electron chi connectivity index (χ1n) is 11.7. The minimum Gasteiger partial charge on any atom is -0.456 e. The van der Waals surface area contributed by atoms with Crippen LogP contribution >= 0.6 is 0 Å². The van der Waals surface area contributed by atoms with E-state index in [2.05, 4.69) is 23.8 Å². The Morgan fingerprint density at radius 2 is 1.79 bits per heavy atom. The van der Waals surface area contributed by atoms with Crippen molar-refractivity contribution >= 4 is 17.8 Å². The third-order valence-corrected chi connectivity index (χ3v) is 5.00. The lowest BCUT2D eigenvalue weighted by Crippen LogP contribution is -2.38. The smallest absolute Gasteiger partial charge is 0.306 e. The van der Waals surface area contributed by atoms with Crippen molar-refractivity contribution in [1.82, 2.24) is 10.6 Å². The minimum absolute atomic E-state index is 0.00303. The molecule has 0 aliphatic heterocycles. The lowest BCUT2D eigenvalue weighted by Gasteiger charge is -2.21. The van der Waals surface area contributed by atoms with Gasteiger partial charge in [-0.1, -0.05) is 42.5 Å². The van der Waals surface area contributed by atoms with Crippen molar-refractivity contribution in [3.63, 3.8) is 0 Å². The molecule has 0 saturated heterocycles. The molecule has 8 heteroatoms. The fraction of sp³-hybridized carbons (Fsp3) is 0.500. The maximum atomic E-state index is 12.8. The van der Waals surface area contributed by atoms with E-state index >= 15 is 0 Å². The van der Waals surface area contributed by atoms with Crippen LogP contribution in [0.3, 0.4) is 0 Å². The number of rotatable bonds is 19. The van der Waals surface area contributed by atoms with E-state index in [1.54, 1.807) is 6.08 Å². The van der Waals surface area contributed by atoms with Crippen molar-refractivity contribution in [1.29, 1.82) is 0 Å². The van der Waals surface area contributed by atoms with Gasteiger partial charge < -0.3 is 25.2 Å². The third-order valence-electron chi connectivity index (χ3n) is 5.00. The predicted octanol–water partition coefficient (Wildman–Crippen LogP) is 2.84. The Kier molecular flexibility index (Phi) is 15.8. The molecule has 0 saturated carbocycles. The quantitative estimate of drug-likeness (QED) is 0.161. The van der Waals surface area contributed by atoms with Gasteiger partial charge in [-0.25, -0.2) is 0 Å². The Hall–Kier alpha value is -2.97. The molecule has 0 bridgehead atoms. The van der Waals surface area contributed by atoms with Crippen LogP contribution in [0.1, 0.15) is 50.2 Å². The van der Waals surface area contributed by atoms with Gasteiger partial charge in [-0.05, 0) is 31.2 Å². The highest BCUT2D eigenvalue weighted by Crippen LogP contribution is 2.19. The molecular weight excluding hydrogens is 436 g/mol. The first-order valence-corrected chi connectivity index (χ1v) is 11.7. The topological polar surface area (TPSA) is 114 Å². The lowest BCUT2D eigenvalue weighted by molar-refractivity contribution is -0.150. The van der Waals surface area contributed by atoms with Crippen LogP contribution in [-0.2, 0) is 23.9 Å². The van der Waals surface area contributed by atoms with Gasteiger partial charge in [0.2, 0.25) is 11.8 Å². The number of unbranched alkanes of at least 4 members (excludes halogenated alkanes) is 2. The van der Waals surface area contributed by atoms with Gasteiger partial charge in [0.1, 0.15) is 6.10 Å². The van der Waals surface area contributed by atoms with Gasteiger partial charge >= 0.3 is 5.97 Å². The van der Waals surface area contributed by atoms with Crippen molar-refractivity contribution < 1.29 is 29.0 Å². The summed E-state index contributed by atoms with van der Waals surface area (Å²) >= 11 is 0. The van der Waals surface area contributed by atoms with Gasteiger partial charge in [-0.2, -0.15) is 0 Å². The highest BCUT2D eigenvalue weighted by atomic mass is 16.5. The molecule has 34 heavy (non-hydrogen) atoms. The molecule has 1 aromatic carbocycles. The highest BCUT2D eigenvalue weighted by Gasteiger charge is 2.23. The van der Waals surface area contributed by atoms with Gasteiger partial charge in [-0.15, -0.1) is 13.2 Å². The average Bonchev–Trinajstić information content (AvgIpc) is 2.84. The van der Waals surface area contributed by atoms with Crippen LogP contribution in [0.4, 0.5) is 0 Å². The maximum Gasteiger partial charge on any atom is 0.306 e. The summed E-state index contributed by atoms with van der Waals surface area (Å²) in [5, 5.41) is 14.2. The van der Waals surface area contributed by atoms with Gasteiger partial charge in [0.25, 0.3) is 0 Å². The van der Waals surface area contributed by atoms with E-state index in [1.807, 2.05) is 36.4 Å². The SMILES string of the molecule is C=CCCCCC(=O)O[C@@H](CNC(=O)[C@@H](CC=C)CC(=O)NCCOCCO)c1ccccc1. The summed E-state index contributed by atoms with van der Waals surface area (Å²) in [4.78, 5) is 37.4. The Morgan fingerprint density at radius 3 is 2.47 bits per heavy atom. The van der Waals surface area contributed by atoms with Gasteiger partial charge in [0.15, 0.2) is 0 Å². The molecule has 188 valence electrons. The molecule has 2 atom stereocenters. The van der Waals surface area contributed by atoms with Gasteiger partial charge in [-0.3, -0.25) is 14.4 Å². The molecule has 0 aliphatic carbocycles. The van der Waals surface area contributed by atoms with E-state index in [9.17, 15) is 14.4 Å². The number of nitrogens with one attached hydrogen (secondary N) is 2. The van der Waals surface area contributed by atoms with Crippen molar-refractivity contribution in [2.45, 2.75) is 44.6 Å². The second kappa shape index (κ2) is 18.5. The van der Waals surface area contributed by atoms with Crippen LogP contribution in [0.15, 0.2) is 55.6 Å². The Bertz CT molecular complexity index is 753. The summed E-state index contributed by atoms with van der Waals surface area (Å²) in [5.74, 6) is -1.51. The summed E-state index contributed by atoms with van der Waals surface area (Å²) in [5.41, 5.74) is 0.781. The van der Waals surface area contributed by atoms with E-state index in [-0.39, 0.29) is 50.6 Å². The van der Waals surface area contributed by atoms with Gasteiger partial charge in [0.05, 0.1) is 32.3 Å². The number of carbonyl (C=O) groups excluding carboxylic acids is 3. The second-order valence-electron chi connectivity index (χ2n) is 7.78. The fourth-order valence-corrected chi connectivity index (χ4v) is 3.22. The maximum absolute atomic E-state index is 12.8. The van der Waals surface area contributed by atoms with Crippen LogP contribution in [-0.4, -0.2) is 55.8 Å². The molecule has 1 rings (SSSR count). The van der Waals surface area contributed by atoms with Crippen molar-refractivity contribution in [3.05, 3.63) is 61.2 Å². The molecule has 2 amide bonds. The van der Waals surface area contributed by atoms with E-state index in [1.165, 1.54) is 0 Å². The fourth-order valence-electron chi connectivity index (χ4n) is 3.22. The largest absolute Gasteiger partial charge is 0.456 e. The monoisotopic (exact) mass is 474 g/mol. The molecule has 0 fully saturated rings. The highest BCUT2D eigenvalue weighted by molar-refractivity contribution is 5.86. The molecular formula is C26H38N2O6.